The lowest BCUT2D eigenvalue weighted by Gasteiger charge is -2.22. The molecule has 0 spiro atoms. The molecule has 0 aliphatic carbocycles. The monoisotopic (exact) mass is 313 g/mol. The molecule has 1 aromatic heterocycles. The first kappa shape index (κ1) is 13.0. The zero-order chi connectivity index (χ0) is 11.9. The molecule has 0 N–H and O–H groups in total. The Bertz CT molecular complexity index is 384. The molecule has 0 aliphatic rings. The van der Waals surface area contributed by atoms with Gasteiger partial charge in [-0.25, -0.2) is 0 Å². The molecule has 0 aliphatic heterocycles. The van der Waals surface area contributed by atoms with Crippen molar-refractivity contribution in [3.63, 3.8) is 0 Å². The van der Waals surface area contributed by atoms with Crippen LogP contribution in [0.15, 0.2) is 0 Å². The highest BCUT2D eigenvalue weighted by Crippen LogP contribution is 2.48. The van der Waals surface area contributed by atoms with Crippen LogP contribution in [0.1, 0.15) is 0 Å². The minimum atomic E-state index is -2.20. The molecule has 0 radical (unpaired) electrons. The van der Waals surface area contributed by atoms with Crippen molar-refractivity contribution in [3.8, 4) is 0 Å². The van der Waals surface area contributed by atoms with Crippen molar-refractivity contribution in [2.24, 2.45) is 0 Å². The molecule has 15 heavy (non-hydrogen) atoms. The van der Waals surface area contributed by atoms with Crippen LogP contribution < -0.4 is 0 Å². The van der Waals surface area contributed by atoms with Crippen LogP contribution >= 0.6 is 58.0 Å². The largest absolute Gasteiger partial charge is 0.514 e. The fraction of sp³-hybridized carbons (Fsp3) is 0.667. The summed E-state index contributed by atoms with van der Waals surface area (Å²) in [5.74, 6) is -0.810. The molecule has 0 saturated carbocycles. The Morgan fingerprint density at radius 1 is 1.27 bits per heavy atom. The van der Waals surface area contributed by atoms with Gasteiger partial charge in [-0.1, -0.05) is 58.0 Å². The summed E-state index contributed by atoms with van der Waals surface area (Å²) in [4.78, 5) is 9.77. The van der Waals surface area contributed by atoms with Gasteiger partial charge in [0, 0.05) is 0 Å². The number of nitro groups is 1. The smallest absolute Gasteiger partial charge is 0.390 e. The van der Waals surface area contributed by atoms with Crippen LogP contribution in [0.5, 0.6) is 0 Å². The maximum atomic E-state index is 10.2. The Morgan fingerprint density at radius 3 is 2.13 bits per heavy atom. The molecule has 84 valence electrons. The fourth-order valence-corrected chi connectivity index (χ4v) is 0.882. The minimum absolute atomic E-state index is 0.432. The molecule has 0 amide bonds. The van der Waals surface area contributed by atoms with Gasteiger partial charge < -0.3 is 10.1 Å². The van der Waals surface area contributed by atoms with Crippen LogP contribution in [0.3, 0.4) is 0 Å². The predicted molar refractivity (Wildman–Crippen MR) is 54.4 cm³/mol. The average Bonchev–Trinajstić information content (AvgIpc) is 2.49. The number of nitrogens with zero attached hydrogens (tertiary/aromatic N) is 5. The topological polar surface area (TPSA) is 86.7 Å². The fourth-order valence-electron chi connectivity index (χ4n) is 0.512. The van der Waals surface area contributed by atoms with Crippen LogP contribution in [0.4, 0.5) is 5.95 Å². The SMILES string of the molecule is O=[N+]([O-])c1nnn(C(Cl)(Cl)C(Cl)(Cl)Cl)n1. The Labute approximate surface area is 107 Å². The summed E-state index contributed by atoms with van der Waals surface area (Å²) in [6, 6.07) is 0. The number of hydrogen-bond donors (Lipinski definition) is 0. The third-order valence-electron chi connectivity index (χ3n) is 1.16. The van der Waals surface area contributed by atoms with Gasteiger partial charge in [0.2, 0.25) is 3.79 Å². The van der Waals surface area contributed by atoms with E-state index in [9.17, 15) is 10.1 Å². The molecule has 0 bridgehead atoms. The van der Waals surface area contributed by atoms with Crippen molar-refractivity contribution in [2.75, 3.05) is 0 Å². The van der Waals surface area contributed by atoms with Crippen LogP contribution in [0.25, 0.3) is 0 Å². The molecule has 1 aromatic rings. The maximum Gasteiger partial charge on any atom is 0.514 e. The van der Waals surface area contributed by atoms with E-state index in [0.717, 1.165) is 0 Å². The van der Waals surface area contributed by atoms with E-state index in [1.54, 1.807) is 0 Å². The second-order valence-electron chi connectivity index (χ2n) is 2.17. The quantitative estimate of drug-likeness (QED) is 0.473. The Kier molecular flexibility index (Phi) is 3.52. The van der Waals surface area contributed by atoms with Gasteiger partial charge in [-0.05, 0) is 9.72 Å². The van der Waals surface area contributed by atoms with E-state index < -0.39 is 19.1 Å². The summed E-state index contributed by atoms with van der Waals surface area (Å²) >= 11 is 27.5. The molecule has 1 heterocycles. The maximum absolute atomic E-state index is 10.2. The van der Waals surface area contributed by atoms with Crippen LogP contribution in [-0.2, 0) is 4.46 Å². The molecular formula is C3Cl5N5O2. The normalized spacial score (nSPS) is 12.9. The summed E-state index contributed by atoms with van der Waals surface area (Å²) in [6.07, 6.45) is 0. The predicted octanol–water partition coefficient (Wildman–Crippen LogP) is 2.04. The van der Waals surface area contributed by atoms with E-state index in [4.69, 9.17) is 58.0 Å². The van der Waals surface area contributed by atoms with Gasteiger partial charge >= 0.3 is 5.95 Å². The van der Waals surface area contributed by atoms with E-state index in [-0.39, 0.29) is 0 Å². The van der Waals surface area contributed by atoms with Crippen molar-refractivity contribution in [1.82, 2.24) is 20.2 Å². The number of rotatable bonds is 2. The van der Waals surface area contributed by atoms with E-state index in [1.807, 2.05) is 0 Å². The van der Waals surface area contributed by atoms with Crippen LogP contribution in [-0.4, -0.2) is 28.9 Å². The van der Waals surface area contributed by atoms with Crippen LogP contribution in [0.2, 0.25) is 0 Å². The van der Waals surface area contributed by atoms with Crippen molar-refractivity contribution < 1.29 is 4.92 Å². The number of tetrazole rings is 1. The number of hydrogen-bond acceptors (Lipinski definition) is 5. The molecule has 0 fully saturated rings. The lowest BCUT2D eigenvalue weighted by atomic mass is 10.7. The van der Waals surface area contributed by atoms with E-state index >= 15 is 0 Å². The average molecular weight is 315 g/mol. The highest BCUT2D eigenvalue weighted by Gasteiger charge is 2.52. The van der Waals surface area contributed by atoms with E-state index in [1.165, 1.54) is 0 Å². The first-order valence-corrected chi connectivity index (χ1v) is 4.94. The van der Waals surface area contributed by atoms with Gasteiger partial charge in [0.25, 0.3) is 4.46 Å². The second kappa shape index (κ2) is 4.06. The second-order valence-corrected chi connectivity index (χ2v) is 5.74. The number of aromatic nitrogens is 4. The highest BCUT2D eigenvalue weighted by molar-refractivity contribution is 6.74. The first-order valence-electron chi connectivity index (χ1n) is 3.05. The van der Waals surface area contributed by atoms with Gasteiger partial charge in [-0.3, -0.25) is 0 Å². The lowest BCUT2D eigenvalue weighted by molar-refractivity contribution is -0.394. The van der Waals surface area contributed by atoms with Gasteiger partial charge in [0.1, 0.15) is 0 Å². The molecule has 1 rings (SSSR count). The summed E-state index contributed by atoms with van der Waals surface area (Å²) in [6.45, 7) is 0. The number of halogens is 5. The standard InChI is InChI=1S/C3Cl5N5O2/c4-2(5,6)3(7,8)13-10-1(9-11-13)12(14)15. The van der Waals surface area contributed by atoms with Gasteiger partial charge in [-0.2, -0.15) is 0 Å². The third-order valence-corrected chi connectivity index (χ3v) is 3.43. The summed E-state index contributed by atoms with van der Waals surface area (Å²) < 4.78 is -4.37. The Hall–Kier alpha value is -0.0800. The van der Waals surface area contributed by atoms with Crippen molar-refractivity contribution >= 4 is 64.0 Å². The number of alkyl halides is 5. The summed E-state index contributed by atoms with van der Waals surface area (Å²) in [5, 5.41) is 19.7. The van der Waals surface area contributed by atoms with E-state index in [2.05, 4.69) is 15.4 Å². The highest BCUT2D eigenvalue weighted by atomic mass is 35.6. The van der Waals surface area contributed by atoms with Gasteiger partial charge in [-0.15, -0.1) is 0 Å². The van der Waals surface area contributed by atoms with Crippen molar-refractivity contribution in [1.29, 1.82) is 0 Å². The third kappa shape index (κ3) is 2.54. The molecule has 0 aromatic carbocycles. The molecule has 0 unspecified atom stereocenters. The molecule has 0 atom stereocenters. The van der Waals surface area contributed by atoms with Crippen molar-refractivity contribution in [2.45, 2.75) is 8.25 Å². The minimum Gasteiger partial charge on any atom is -0.390 e. The van der Waals surface area contributed by atoms with Crippen molar-refractivity contribution in [3.05, 3.63) is 10.1 Å². The lowest BCUT2D eigenvalue weighted by Crippen LogP contribution is -2.36. The summed E-state index contributed by atoms with van der Waals surface area (Å²) in [7, 11) is 0. The van der Waals surface area contributed by atoms with Crippen LogP contribution in [0, 0.1) is 10.1 Å². The van der Waals surface area contributed by atoms with E-state index in [0.29, 0.717) is 4.80 Å². The van der Waals surface area contributed by atoms with Gasteiger partial charge in [0.05, 0.1) is 15.4 Å². The molecular weight excluding hydrogens is 315 g/mol. The first-order chi connectivity index (χ1) is 6.66. The summed E-state index contributed by atoms with van der Waals surface area (Å²) in [5.41, 5.74) is 0. The Morgan fingerprint density at radius 2 is 1.80 bits per heavy atom. The molecule has 12 heteroatoms. The van der Waals surface area contributed by atoms with Gasteiger partial charge in [0.15, 0.2) is 0 Å². The zero-order valence-corrected chi connectivity index (χ0v) is 10.2. The molecule has 7 nitrogen and oxygen atoms in total. The molecule has 0 saturated heterocycles. The zero-order valence-electron chi connectivity index (χ0n) is 6.44. The Balaban J connectivity index is 3.11.